The molecular formula is C10H15N3O3. The first-order chi connectivity index (χ1) is 7.74. The lowest BCUT2D eigenvalue weighted by molar-refractivity contribution is 0.0991. The van der Waals surface area contributed by atoms with Gasteiger partial charge in [-0.3, -0.25) is 9.78 Å². The van der Waals surface area contributed by atoms with Gasteiger partial charge in [0.25, 0.3) is 5.91 Å². The van der Waals surface area contributed by atoms with Gasteiger partial charge >= 0.3 is 0 Å². The molecule has 0 fully saturated rings. The fourth-order valence-electron chi connectivity index (χ4n) is 1.11. The van der Waals surface area contributed by atoms with E-state index >= 15 is 0 Å². The number of nitrogens with zero attached hydrogens (tertiary/aromatic N) is 1. The molecule has 0 aliphatic rings. The Morgan fingerprint density at radius 3 is 3.06 bits per heavy atom. The Bertz CT molecular complexity index is 344. The molecule has 0 atom stereocenters. The van der Waals surface area contributed by atoms with Gasteiger partial charge in [-0.05, 0) is 12.1 Å². The van der Waals surface area contributed by atoms with Crippen LogP contribution in [-0.2, 0) is 4.74 Å². The van der Waals surface area contributed by atoms with Crippen molar-refractivity contribution in [3.63, 3.8) is 0 Å². The molecule has 0 aliphatic carbocycles. The highest BCUT2D eigenvalue weighted by Gasteiger charge is 2.01. The summed E-state index contributed by atoms with van der Waals surface area (Å²) in [6, 6.07) is 3.31. The van der Waals surface area contributed by atoms with Crippen molar-refractivity contribution in [2.45, 2.75) is 0 Å². The zero-order valence-electron chi connectivity index (χ0n) is 8.85. The topological polar surface area (TPSA) is 97.5 Å². The van der Waals surface area contributed by atoms with Crippen LogP contribution < -0.4 is 11.1 Å². The maximum Gasteiger partial charge on any atom is 0.267 e. The second kappa shape index (κ2) is 6.76. The van der Waals surface area contributed by atoms with Crippen LogP contribution in [0.5, 0.6) is 0 Å². The summed E-state index contributed by atoms with van der Waals surface area (Å²) in [7, 11) is 0. The number of aliphatic hydroxyl groups is 1. The summed E-state index contributed by atoms with van der Waals surface area (Å²) in [6.45, 7) is 1.41. The van der Waals surface area contributed by atoms with E-state index in [9.17, 15) is 4.79 Å². The third-order valence-corrected chi connectivity index (χ3v) is 1.82. The molecule has 0 aliphatic heterocycles. The fraction of sp³-hybridized carbons (Fsp3) is 0.400. The Morgan fingerprint density at radius 1 is 1.56 bits per heavy atom. The first kappa shape index (κ1) is 12.4. The average molecular weight is 225 g/mol. The quantitative estimate of drug-likeness (QED) is 0.549. The Hall–Kier alpha value is -1.66. The van der Waals surface area contributed by atoms with Crippen molar-refractivity contribution in [1.82, 2.24) is 4.98 Å². The maximum atomic E-state index is 10.8. The van der Waals surface area contributed by atoms with E-state index in [2.05, 4.69) is 10.3 Å². The molecule has 0 saturated carbocycles. The smallest absolute Gasteiger partial charge is 0.267 e. The highest BCUT2D eigenvalue weighted by Crippen LogP contribution is 2.06. The van der Waals surface area contributed by atoms with Crippen molar-refractivity contribution in [1.29, 1.82) is 0 Å². The standard InChI is InChI=1S/C10H15N3O3/c11-10(15)9-7-8(1-2-13-9)12-3-5-16-6-4-14/h1-2,7,14H,3-6H2,(H2,11,15)(H,12,13). The molecule has 1 rings (SSSR count). The van der Waals surface area contributed by atoms with Gasteiger partial charge in [0.05, 0.1) is 19.8 Å². The number of carbonyl (C=O) groups is 1. The Labute approximate surface area is 93.4 Å². The van der Waals surface area contributed by atoms with Crippen LogP contribution in [0.1, 0.15) is 10.5 Å². The first-order valence-electron chi connectivity index (χ1n) is 4.92. The molecule has 1 amide bonds. The van der Waals surface area contributed by atoms with Crippen molar-refractivity contribution < 1.29 is 14.6 Å². The van der Waals surface area contributed by atoms with Gasteiger partial charge in [-0.1, -0.05) is 0 Å². The number of aromatic nitrogens is 1. The Kier molecular flexibility index (Phi) is 5.24. The van der Waals surface area contributed by atoms with Gasteiger partial charge in [0.1, 0.15) is 5.69 Å². The maximum absolute atomic E-state index is 10.8. The molecule has 1 heterocycles. The number of aliphatic hydroxyl groups excluding tert-OH is 1. The van der Waals surface area contributed by atoms with E-state index in [4.69, 9.17) is 15.6 Å². The predicted molar refractivity (Wildman–Crippen MR) is 59.1 cm³/mol. The van der Waals surface area contributed by atoms with Crippen LogP contribution in [0.4, 0.5) is 5.69 Å². The largest absolute Gasteiger partial charge is 0.394 e. The van der Waals surface area contributed by atoms with Gasteiger partial charge in [0.15, 0.2) is 0 Å². The molecule has 0 aromatic carbocycles. The third kappa shape index (κ3) is 4.24. The molecule has 6 nitrogen and oxygen atoms in total. The second-order valence-corrected chi connectivity index (χ2v) is 3.06. The van der Waals surface area contributed by atoms with E-state index < -0.39 is 5.91 Å². The average Bonchev–Trinajstić information content (AvgIpc) is 2.29. The van der Waals surface area contributed by atoms with Crippen LogP contribution in [0, 0.1) is 0 Å². The van der Waals surface area contributed by atoms with E-state index in [1.54, 1.807) is 12.1 Å². The summed E-state index contributed by atoms with van der Waals surface area (Å²) in [5.41, 5.74) is 6.08. The third-order valence-electron chi connectivity index (χ3n) is 1.82. The van der Waals surface area contributed by atoms with Gasteiger partial charge < -0.3 is 20.9 Å². The summed E-state index contributed by atoms with van der Waals surface area (Å²) in [5, 5.41) is 11.5. The number of anilines is 1. The van der Waals surface area contributed by atoms with E-state index in [1.807, 2.05) is 0 Å². The SMILES string of the molecule is NC(=O)c1cc(NCCOCCO)ccn1. The molecule has 1 aromatic rings. The molecule has 1 aromatic heterocycles. The normalized spacial score (nSPS) is 10.1. The second-order valence-electron chi connectivity index (χ2n) is 3.06. The molecule has 0 saturated heterocycles. The molecular weight excluding hydrogens is 210 g/mol. The van der Waals surface area contributed by atoms with Crippen molar-refractivity contribution >= 4 is 11.6 Å². The number of hydrogen-bond donors (Lipinski definition) is 3. The molecule has 0 unspecified atom stereocenters. The number of primary amides is 1. The van der Waals surface area contributed by atoms with Gasteiger partial charge in [-0.25, -0.2) is 0 Å². The minimum Gasteiger partial charge on any atom is -0.394 e. The highest BCUT2D eigenvalue weighted by atomic mass is 16.5. The molecule has 0 spiro atoms. The number of ether oxygens (including phenoxy) is 1. The lowest BCUT2D eigenvalue weighted by Crippen LogP contribution is -2.15. The van der Waals surface area contributed by atoms with Crippen molar-refractivity contribution in [3.8, 4) is 0 Å². The minimum absolute atomic E-state index is 0.0150. The zero-order chi connectivity index (χ0) is 11.8. The number of nitrogens with two attached hydrogens (primary N) is 1. The zero-order valence-corrected chi connectivity index (χ0v) is 8.85. The van der Waals surface area contributed by atoms with Crippen LogP contribution in [0.15, 0.2) is 18.3 Å². The monoisotopic (exact) mass is 225 g/mol. The van der Waals surface area contributed by atoms with Crippen LogP contribution in [0.25, 0.3) is 0 Å². The van der Waals surface area contributed by atoms with Gasteiger partial charge in [-0.15, -0.1) is 0 Å². The van der Waals surface area contributed by atoms with Crippen LogP contribution >= 0.6 is 0 Å². The number of nitrogens with one attached hydrogen (secondary N) is 1. The summed E-state index contributed by atoms with van der Waals surface area (Å²) in [5.74, 6) is -0.555. The molecule has 6 heteroatoms. The number of pyridine rings is 1. The summed E-state index contributed by atoms with van der Waals surface area (Å²) < 4.78 is 5.06. The van der Waals surface area contributed by atoms with Crippen molar-refractivity contribution in [2.75, 3.05) is 31.7 Å². The summed E-state index contributed by atoms with van der Waals surface area (Å²) >= 11 is 0. The summed E-state index contributed by atoms with van der Waals surface area (Å²) in [6.07, 6.45) is 1.51. The molecule has 88 valence electrons. The van der Waals surface area contributed by atoms with Crippen LogP contribution in [-0.4, -0.2) is 42.4 Å². The summed E-state index contributed by atoms with van der Waals surface area (Å²) in [4.78, 5) is 14.7. The van der Waals surface area contributed by atoms with E-state index in [-0.39, 0.29) is 12.3 Å². The van der Waals surface area contributed by atoms with E-state index in [0.717, 1.165) is 5.69 Å². The Morgan fingerprint density at radius 2 is 2.38 bits per heavy atom. The van der Waals surface area contributed by atoms with E-state index in [0.29, 0.717) is 19.8 Å². The number of carbonyl (C=O) groups excluding carboxylic acids is 1. The molecule has 0 radical (unpaired) electrons. The van der Waals surface area contributed by atoms with Crippen molar-refractivity contribution in [3.05, 3.63) is 24.0 Å². The first-order valence-corrected chi connectivity index (χ1v) is 4.92. The molecule has 16 heavy (non-hydrogen) atoms. The lowest BCUT2D eigenvalue weighted by atomic mass is 10.3. The molecule has 0 bridgehead atoms. The fourth-order valence-corrected chi connectivity index (χ4v) is 1.11. The highest BCUT2D eigenvalue weighted by molar-refractivity contribution is 5.91. The van der Waals surface area contributed by atoms with Gasteiger partial charge in [0, 0.05) is 18.4 Å². The van der Waals surface area contributed by atoms with Crippen LogP contribution in [0.2, 0.25) is 0 Å². The van der Waals surface area contributed by atoms with E-state index in [1.165, 1.54) is 6.20 Å². The number of amides is 1. The number of hydrogen-bond acceptors (Lipinski definition) is 5. The Balaban J connectivity index is 2.36. The lowest BCUT2D eigenvalue weighted by Gasteiger charge is -2.06. The molecule has 4 N–H and O–H groups in total. The van der Waals surface area contributed by atoms with Crippen molar-refractivity contribution in [2.24, 2.45) is 5.73 Å². The number of rotatable bonds is 7. The van der Waals surface area contributed by atoms with Gasteiger partial charge in [0.2, 0.25) is 0 Å². The van der Waals surface area contributed by atoms with Gasteiger partial charge in [-0.2, -0.15) is 0 Å². The minimum atomic E-state index is -0.555. The predicted octanol–water partition coefficient (Wildman–Crippen LogP) is -0.399. The van der Waals surface area contributed by atoms with Crippen LogP contribution in [0.3, 0.4) is 0 Å².